The standard InChI is InChI=1S/C29H29F5N5OP.H2O/c1-16-7-6-8-19(21(16)15-35-24-14-22(27(30)31)39(3)37-24)25-26(17-9-10-17)38(2)28(36-25)20-12-11-18(41(4)5)13-23(20)40-29(32,33)34;/h6-8,11-15,17,27H,1,9-10H2,2-5H3,(H,35,37);1H2/b21-15+;. The third-order valence-corrected chi connectivity index (χ3v) is 8.32. The quantitative estimate of drug-likeness (QED) is 0.226. The lowest BCUT2D eigenvalue weighted by molar-refractivity contribution is -0.274. The van der Waals surface area contributed by atoms with E-state index in [0.717, 1.165) is 28.5 Å². The van der Waals surface area contributed by atoms with Crippen LogP contribution in [-0.2, 0) is 14.1 Å². The molecule has 42 heavy (non-hydrogen) atoms. The average Bonchev–Trinajstić information content (AvgIpc) is 3.56. The van der Waals surface area contributed by atoms with Gasteiger partial charge >= 0.3 is 6.36 Å². The van der Waals surface area contributed by atoms with Crippen molar-refractivity contribution in [2.24, 2.45) is 14.1 Å². The van der Waals surface area contributed by atoms with Crippen molar-refractivity contribution in [1.82, 2.24) is 19.3 Å². The highest BCUT2D eigenvalue weighted by atomic mass is 31.1. The van der Waals surface area contributed by atoms with Gasteiger partial charge in [0.1, 0.15) is 17.3 Å². The Hall–Kier alpha value is -3.76. The maximum atomic E-state index is 13.4. The molecular weight excluding hydrogens is 576 g/mol. The minimum Gasteiger partial charge on any atom is -0.412 e. The van der Waals surface area contributed by atoms with Crippen molar-refractivity contribution in [3.8, 4) is 28.4 Å². The van der Waals surface area contributed by atoms with Crippen molar-refractivity contribution in [3.63, 3.8) is 0 Å². The normalized spacial score (nSPS) is 14.0. The Bertz CT molecular complexity index is 1710. The third-order valence-electron chi connectivity index (χ3n) is 7.01. The monoisotopic (exact) mass is 607 g/mol. The predicted molar refractivity (Wildman–Crippen MR) is 156 cm³/mol. The lowest BCUT2D eigenvalue weighted by atomic mass is 10.0. The molecule has 13 heteroatoms. The fourth-order valence-electron chi connectivity index (χ4n) is 4.85. The van der Waals surface area contributed by atoms with E-state index >= 15 is 0 Å². The van der Waals surface area contributed by atoms with Crippen LogP contribution in [0.3, 0.4) is 0 Å². The van der Waals surface area contributed by atoms with Gasteiger partial charge in [-0.3, -0.25) is 4.68 Å². The molecule has 5 rings (SSSR count). The molecule has 2 aromatic heterocycles. The molecule has 7 nitrogen and oxygen atoms in total. The van der Waals surface area contributed by atoms with Gasteiger partial charge in [0.2, 0.25) is 0 Å². The van der Waals surface area contributed by atoms with Gasteiger partial charge in [-0.15, -0.1) is 13.2 Å². The van der Waals surface area contributed by atoms with E-state index in [0.29, 0.717) is 27.5 Å². The summed E-state index contributed by atoms with van der Waals surface area (Å²) in [4.78, 5) is 4.90. The fourth-order valence-corrected chi connectivity index (χ4v) is 5.60. The number of aryl methyl sites for hydroxylation is 1. The van der Waals surface area contributed by atoms with Crippen LogP contribution in [0.5, 0.6) is 5.75 Å². The van der Waals surface area contributed by atoms with E-state index in [9.17, 15) is 22.0 Å². The van der Waals surface area contributed by atoms with Gasteiger partial charge in [-0.1, -0.05) is 38.8 Å². The molecule has 4 aromatic rings. The van der Waals surface area contributed by atoms with E-state index in [1.807, 2.05) is 42.2 Å². The SMILES string of the molecule is C=c1cccc(-c2nc(-c3ccc(P(C)C)cc3OC(F)(F)F)n(C)c2C2CC2)/c1=C/Nc1cc(C(F)F)n(C)n1.O. The summed E-state index contributed by atoms with van der Waals surface area (Å²) in [7, 11) is 2.58. The van der Waals surface area contributed by atoms with Crippen LogP contribution < -0.4 is 25.8 Å². The lowest BCUT2D eigenvalue weighted by Gasteiger charge is -2.16. The van der Waals surface area contributed by atoms with Gasteiger partial charge in [-0.2, -0.15) is 5.10 Å². The van der Waals surface area contributed by atoms with E-state index < -0.39 is 20.7 Å². The maximum Gasteiger partial charge on any atom is 0.573 e. The Kier molecular flexibility index (Phi) is 8.80. The number of halogens is 5. The summed E-state index contributed by atoms with van der Waals surface area (Å²) in [6, 6.07) is 11.7. The first-order chi connectivity index (χ1) is 19.3. The molecule has 0 unspecified atom stereocenters. The fraction of sp³-hybridized carbons (Fsp3) is 0.310. The first-order valence-corrected chi connectivity index (χ1v) is 15.1. The van der Waals surface area contributed by atoms with E-state index in [1.54, 1.807) is 19.3 Å². The van der Waals surface area contributed by atoms with Crippen LogP contribution in [0, 0.1) is 0 Å². The van der Waals surface area contributed by atoms with Crippen LogP contribution in [0.2, 0.25) is 0 Å². The number of hydrogen-bond acceptors (Lipinski definition) is 4. The highest BCUT2D eigenvalue weighted by Gasteiger charge is 2.35. The van der Waals surface area contributed by atoms with Gasteiger partial charge in [-0.05, 0) is 48.8 Å². The van der Waals surface area contributed by atoms with Crippen LogP contribution >= 0.6 is 7.92 Å². The van der Waals surface area contributed by atoms with E-state index in [4.69, 9.17) is 4.98 Å². The highest BCUT2D eigenvalue weighted by Crippen LogP contribution is 2.46. The Morgan fingerprint density at radius 1 is 1.10 bits per heavy atom. The van der Waals surface area contributed by atoms with Gasteiger partial charge in [0.15, 0.2) is 5.82 Å². The van der Waals surface area contributed by atoms with E-state index in [2.05, 4.69) is 21.7 Å². The number of anilines is 1. The summed E-state index contributed by atoms with van der Waals surface area (Å²) < 4.78 is 74.3. The number of nitrogens with zero attached hydrogens (tertiary/aromatic N) is 4. The van der Waals surface area contributed by atoms with Crippen LogP contribution in [0.15, 0.2) is 42.5 Å². The van der Waals surface area contributed by atoms with Gasteiger partial charge in [0.05, 0.1) is 11.3 Å². The van der Waals surface area contributed by atoms with Crippen molar-refractivity contribution in [2.45, 2.75) is 31.5 Å². The molecule has 224 valence electrons. The number of imidazole rings is 1. The Labute approximate surface area is 240 Å². The van der Waals surface area contributed by atoms with Crippen LogP contribution in [0.1, 0.15) is 36.6 Å². The molecule has 0 bridgehead atoms. The summed E-state index contributed by atoms with van der Waals surface area (Å²) in [5.41, 5.74) is 2.23. The number of alkyl halides is 5. The number of nitrogens with one attached hydrogen (secondary N) is 1. The zero-order chi connectivity index (χ0) is 29.6. The largest absolute Gasteiger partial charge is 0.573 e. The van der Waals surface area contributed by atoms with Crippen molar-refractivity contribution in [1.29, 1.82) is 0 Å². The second kappa shape index (κ2) is 11.9. The molecule has 0 amide bonds. The molecule has 0 atom stereocenters. The maximum absolute atomic E-state index is 13.4. The number of aromatic nitrogens is 4. The molecule has 1 saturated carbocycles. The third kappa shape index (κ3) is 6.34. The first-order valence-electron chi connectivity index (χ1n) is 12.8. The van der Waals surface area contributed by atoms with Crippen molar-refractivity contribution < 1.29 is 32.2 Å². The molecular formula is C29H31F5N5O2P. The molecule has 0 radical (unpaired) electrons. The van der Waals surface area contributed by atoms with Crippen molar-refractivity contribution in [3.05, 3.63) is 64.3 Å². The van der Waals surface area contributed by atoms with E-state index in [1.165, 1.54) is 19.2 Å². The van der Waals surface area contributed by atoms with Crippen LogP contribution in [0.25, 0.3) is 35.4 Å². The minimum atomic E-state index is -4.86. The van der Waals surface area contributed by atoms with E-state index in [-0.39, 0.29) is 34.2 Å². The molecule has 0 saturated heterocycles. The topological polar surface area (TPSA) is 88.4 Å². The van der Waals surface area contributed by atoms with Gasteiger partial charge in [0, 0.05) is 48.8 Å². The summed E-state index contributed by atoms with van der Waals surface area (Å²) >= 11 is 0. The molecule has 0 aliphatic heterocycles. The summed E-state index contributed by atoms with van der Waals surface area (Å²) in [6.07, 6.45) is -4.04. The number of hydrogen-bond donors (Lipinski definition) is 1. The lowest BCUT2D eigenvalue weighted by Crippen LogP contribution is -2.26. The number of rotatable bonds is 8. The zero-order valence-electron chi connectivity index (χ0n) is 23.4. The van der Waals surface area contributed by atoms with Crippen LogP contribution in [0.4, 0.5) is 27.8 Å². The average molecular weight is 608 g/mol. The Balaban J connectivity index is 0.00000405. The molecule has 1 fully saturated rings. The summed E-state index contributed by atoms with van der Waals surface area (Å²) in [5, 5.41) is 9.18. The number of ether oxygens (including phenoxy) is 1. The second-order valence-electron chi connectivity index (χ2n) is 10.2. The van der Waals surface area contributed by atoms with Crippen LogP contribution in [-0.4, -0.2) is 44.5 Å². The van der Waals surface area contributed by atoms with Gasteiger partial charge in [0.25, 0.3) is 6.43 Å². The molecule has 2 heterocycles. The molecule has 3 N–H and O–H groups in total. The smallest absolute Gasteiger partial charge is 0.412 e. The van der Waals surface area contributed by atoms with Gasteiger partial charge < -0.3 is 20.1 Å². The first kappa shape index (κ1) is 31.2. The molecule has 2 aromatic carbocycles. The molecule has 0 spiro atoms. The molecule has 1 aliphatic rings. The molecule has 1 aliphatic carbocycles. The second-order valence-corrected chi connectivity index (χ2v) is 12.5. The highest BCUT2D eigenvalue weighted by molar-refractivity contribution is 7.64. The van der Waals surface area contributed by atoms with Crippen molar-refractivity contribution >= 4 is 31.8 Å². The minimum absolute atomic E-state index is 0. The number of benzene rings is 2. The Morgan fingerprint density at radius 3 is 2.40 bits per heavy atom. The van der Waals surface area contributed by atoms with Crippen molar-refractivity contribution in [2.75, 3.05) is 18.6 Å². The Morgan fingerprint density at radius 2 is 1.81 bits per heavy atom. The predicted octanol–water partition coefficient (Wildman–Crippen LogP) is 5.00. The summed E-state index contributed by atoms with van der Waals surface area (Å²) in [5.74, 6) is 0.490. The van der Waals surface area contributed by atoms with Gasteiger partial charge in [-0.25, -0.2) is 13.8 Å². The zero-order valence-corrected chi connectivity index (χ0v) is 24.3. The summed E-state index contributed by atoms with van der Waals surface area (Å²) in [6.45, 7) is 8.06.